The van der Waals surface area contributed by atoms with Crippen molar-refractivity contribution in [1.82, 2.24) is 5.32 Å². The Balaban J connectivity index is 5.94. The summed E-state index contributed by atoms with van der Waals surface area (Å²) in [7, 11) is 1.21. The zero-order valence-electron chi connectivity index (χ0n) is 11.3. The van der Waals surface area contributed by atoms with Crippen LogP contribution in [0.1, 0.15) is 25.7 Å². The zero-order chi connectivity index (χ0) is 16.8. The number of nitrogens with one attached hydrogen (secondary N) is 1. The molecule has 0 aromatic rings. The molecule has 10 heteroatoms. The van der Waals surface area contributed by atoms with E-state index in [0.717, 1.165) is 0 Å². The van der Waals surface area contributed by atoms with E-state index in [2.05, 4.69) is 5.32 Å². The molecule has 0 atom stereocenters. The average Bonchev–Trinajstić information content (AvgIpc) is 2.23. The third-order valence-electron chi connectivity index (χ3n) is 3.27. The Morgan fingerprint density at radius 1 is 0.810 bits per heavy atom. The van der Waals surface area contributed by atoms with Crippen molar-refractivity contribution in [2.75, 3.05) is 7.05 Å². The van der Waals surface area contributed by atoms with Crippen LogP contribution in [-0.2, 0) is 19.2 Å². The minimum atomic E-state index is -2.10. The van der Waals surface area contributed by atoms with Crippen LogP contribution in [0.4, 0.5) is 0 Å². The van der Waals surface area contributed by atoms with Crippen molar-refractivity contribution in [3.63, 3.8) is 0 Å². The van der Waals surface area contributed by atoms with Crippen LogP contribution in [0.3, 0.4) is 0 Å². The summed E-state index contributed by atoms with van der Waals surface area (Å²) in [5.41, 5.74) is 1.81. The minimum Gasteiger partial charge on any atom is -0.481 e. The van der Waals surface area contributed by atoms with E-state index >= 15 is 0 Å². The van der Waals surface area contributed by atoms with Crippen LogP contribution in [0.5, 0.6) is 0 Å². The topological polar surface area (TPSA) is 187 Å². The molecule has 0 aromatic carbocycles. The standard InChI is InChI=1S/C11H18N2O8/c1-13-11(4-8(18)19,5-9(20)21)10(12,2-6(14)15)3-7(16)17/h13H,2-5,12H2,1H3,(H,14,15)(H,16,17)(H,18,19)(H,20,21). The van der Waals surface area contributed by atoms with Gasteiger partial charge in [-0.1, -0.05) is 0 Å². The minimum absolute atomic E-state index is 0.840. The first-order chi connectivity index (χ1) is 9.48. The summed E-state index contributed by atoms with van der Waals surface area (Å²) in [5, 5.41) is 38.1. The summed E-state index contributed by atoms with van der Waals surface area (Å²) in [6.07, 6.45) is -3.49. The van der Waals surface area contributed by atoms with Gasteiger partial charge in [-0.05, 0) is 7.05 Å². The molecular formula is C11H18N2O8. The summed E-state index contributed by atoms with van der Waals surface area (Å²) < 4.78 is 0. The number of rotatable bonds is 10. The molecule has 0 aliphatic carbocycles. The van der Waals surface area contributed by atoms with Gasteiger partial charge in [0.05, 0.1) is 36.8 Å². The number of carbonyl (C=O) groups is 4. The lowest BCUT2D eigenvalue weighted by molar-refractivity contribution is -0.151. The molecule has 0 aromatic heterocycles. The fraction of sp³-hybridized carbons (Fsp3) is 0.636. The lowest BCUT2D eigenvalue weighted by Gasteiger charge is -2.45. The maximum Gasteiger partial charge on any atom is 0.305 e. The van der Waals surface area contributed by atoms with E-state index in [9.17, 15) is 19.2 Å². The summed E-state index contributed by atoms with van der Waals surface area (Å²) >= 11 is 0. The molecule has 0 unspecified atom stereocenters. The van der Waals surface area contributed by atoms with Gasteiger partial charge in [0.25, 0.3) is 0 Å². The molecule has 120 valence electrons. The quantitative estimate of drug-likeness (QED) is 0.278. The van der Waals surface area contributed by atoms with E-state index in [-0.39, 0.29) is 0 Å². The largest absolute Gasteiger partial charge is 0.481 e. The highest BCUT2D eigenvalue weighted by Gasteiger charge is 2.52. The number of aliphatic carboxylic acids is 4. The van der Waals surface area contributed by atoms with Crippen LogP contribution in [0.25, 0.3) is 0 Å². The predicted molar refractivity (Wildman–Crippen MR) is 67.7 cm³/mol. The van der Waals surface area contributed by atoms with E-state index in [0.29, 0.717) is 0 Å². The summed E-state index contributed by atoms with van der Waals surface area (Å²) in [6, 6.07) is 0. The molecule has 0 rings (SSSR count). The van der Waals surface area contributed by atoms with Crippen LogP contribution < -0.4 is 11.1 Å². The summed E-state index contributed by atoms with van der Waals surface area (Å²) in [6.45, 7) is 0. The summed E-state index contributed by atoms with van der Waals surface area (Å²) in [5.74, 6) is -5.80. The van der Waals surface area contributed by atoms with Crippen molar-refractivity contribution < 1.29 is 39.6 Å². The van der Waals surface area contributed by atoms with E-state index in [1.807, 2.05) is 0 Å². The van der Waals surface area contributed by atoms with Gasteiger partial charge in [-0.2, -0.15) is 0 Å². The van der Waals surface area contributed by atoms with Crippen molar-refractivity contribution in [1.29, 1.82) is 0 Å². The lowest BCUT2D eigenvalue weighted by atomic mass is 9.69. The van der Waals surface area contributed by atoms with E-state index < -0.39 is 60.6 Å². The molecule has 0 saturated carbocycles. The van der Waals surface area contributed by atoms with Crippen LogP contribution in [0, 0.1) is 0 Å². The number of carboxylic acid groups (broad SMARTS) is 4. The second-order valence-corrected chi connectivity index (χ2v) is 4.77. The molecular weight excluding hydrogens is 288 g/mol. The van der Waals surface area contributed by atoms with Crippen molar-refractivity contribution in [2.24, 2.45) is 5.73 Å². The Hall–Kier alpha value is -2.20. The van der Waals surface area contributed by atoms with Crippen LogP contribution in [0.2, 0.25) is 0 Å². The van der Waals surface area contributed by atoms with E-state index in [1.165, 1.54) is 7.05 Å². The maximum absolute atomic E-state index is 11.0. The smallest absolute Gasteiger partial charge is 0.305 e. The van der Waals surface area contributed by atoms with Gasteiger partial charge in [-0.15, -0.1) is 0 Å². The molecule has 0 amide bonds. The fourth-order valence-electron chi connectivity index (χ4n) is 2.30. The highest BCUT2D eigenvalue weighted by atomic mass is 16.4. The second kappa shape index (κ2) is 6.99. The third-order valence-corrected chi connectivity index (χ3v) is 3.27. The van der Waals surface area contributed by atoms with Crippen LogP contribution in [0.15, 0.2) is 0 Å². The second-order valence-electron chi connectivity index (χ2n) is 4.77. The Kier molecular flexibility index (Phi) is 6.26. The van der Waals surface area contributed by atoms with E-state index in [4.69, 9.17) is 26.2 Å². The first kappa shape index (κ1) is 18.8. The number of hydrogen-bond donors (Lipinski definition) is 6. The van der Waals surface area contributed by atoms with Crippen LogP contribution in [-0.4, -0.2) is 62.4 Å². The predicted octanol–water partition coefficient (Wildman–Crippen LogP) is -1.46. The molecule has 0 aliphatic rings. The molecule has 21 heavy (non-hydrogen) atoms. The molecule has 0 fully saturated rings. The molecule has 0 aliphatic heterocycles. The molecule has 0 saturated heterocycles. The first-order valence-corrected chi connectivity index (χ1v) is 5.83. The highest BCUT2D eigenvalue weighted by Crippen LogP contribution is 2.33. The van der Waals surface area contributed by atoms with Crippen molar-refractivity contribution in [3.05, 3.63) is 0 Å². The molecule has 0 spiro atoms. The molecule has 0 bridgehead atoms. The molecule has 10 nitrogen and oxygen atoms in total. The van der Waals surface area contributed by atoms with Crippen molar-refractivity contribution in [2.45, 2.75) is 36.8 Å². The number of nitrogens with two attached hydrogens (primary N) is 1. The third kappa shape index (κ3) is 5.00. The van der Waals surface area contributed by atoms with Gasteiger partial charge in [0.15, 0.2) is 0 Å². The van der Waals surface area contributed by atoms with E-state index in [1.54, 1.807) is 0 Å². The van der Waals surface area contributed by atoms with Gasteiger partial charge < -0.3 is 31.5 Å². The summed E-state index contributed by atoms with van der Waals surface area (Å²) in [4.78, 5) is 43.9. The Morgan fingerprint density at radius 2 is 1.10 bits per heavy atom. The Bertz CT molecular complexity index is 416. The fourth-order valence-corrected chi connectivity index (χ4v) is 2.30. The number of carboxylic acids is 4. The van der Waals surface area contributed by atoms with Gasteiger partial charge in [0.1, 0.15) is 0 Å². The van der Waals surface area contributed by atoms with Crippen molar-refractivity contribution >= 4 is 23.9 Å². The average molecular weight is 306 g/mol. The van der Waals surface area contributed by atoms with Crippen LogP contribution >= 0.6 is 0 Å². The monoisotopic (exact) mass is 306 g/mol. The van der Waals surface area contributed by atoms with Gasteiger partial charge in [-0.25, -0.2) is 0 Å². The lowest BCUT2D eigenvalue weighted by Crippen LogP contribution is -2.69. The molecule has 7 N–H and O–H groups in total. The van der Waals surface area contributed by atoms with Gasteiger partial charge in [-0.3, -0.25) is 19.2 Å². The molecule has 0 radical (unpaired) electrons. The maximum atomic E-state index is 11.0. The SMILES string of the molecule is CNC(CC(=O)O)(CC(=O)O)C(N)(CC(=O)O)CC(=O)O. The zero-order valence-corrected chi connectivity index (χ0v) is 11.3. The van der Waals surface area contributed by atoms with Gasteiger partial charge in [0, 0.05) is 0 Å². The normalized spacial score (nSPS) is 11.9. The Morgan fingerprint density at radius 3 is 1.29 bits per heavy atom. The molecule has 0 heterocycles. The number of likely N-dealkylation sites (N-methyl/N-ethyl adjacent to an activating group) is 1. The van der Waals surface area contributed by atoms with Gasteiger partial charge in [0.2, 0.25) is 0 Å². The van der Waals surface area contributed by atoms with Crippen molar-refractivity contribution in [3.8, 4) is 0 Å². The highest BCUT2D eigenvalue weighted by molar-refractivity contribution is 5.78. The number of hydrogen-bond acceptors (Lipinski definition) is 6. The first-order valence-electron chi connectivity index (χ1n) is 5.83. The van der Waals surface area contributed by atoms with Gasteiger partial charge >= 0.3 is 23.9 Å². The Labute approximate surface area is 119 Å².